The molecule has 0 aliphatic rings. The third-order valence-electron chi connectivity index (χ3n) is 5.10. The SMILES string of the molecule is C=CCC(CNCc1ccc(C(=O)O)cc1)(c1ccccc1)c1ccccc1. The van der Waals surface area contributed by atoms with Crippen molar-refractivity contribution in [2.24, 2.45) is 0 Å². The van der Waals surface area contributed by atoms with Gasteiger partial charge >= 0.3 is 5.97 Å². The van der Waals surface area contributed by atoms with E-state index in [-0.39, 0.29) is 5.41 Å². The minimum Gasteiger partial charge on any atom is -0.478 e. The van der Waals surface area contributed by atoms with Crippen LogP contribution in [-0.4, -0.2) is 17.6 Å². The Bertz CT molecular complexity index is 863. The summed E-state index contributed by atoms with van der Waals surface area (Å²) >= 11 is 0. The molecule has 0 atom stereocenters. The predicted octanol–water partition coefficient (Wildman–Crippen LogP) is 5.04. The molecule has 0 spiro atoms. The van der Waals surface area contributed by atoms with E-state index in [1.807, 2.05) is 30.3 Å². The lowest BCUT2D eigenvalue weighted by molar-refractivity contribution is 0.0697. The first-order valence-electron chi connectivity index (χ1n) is 9.40. The summed E-state index contributed by atoms with van der Waals surface area (Å²) < 4.78 is 0. The molecule has 2 N–H and O–H groups in total. The largest absolute Gasteiger partial charge is 0.478 e. The van der Waals surface area contributed by atoms with Crippen LogP contribution in [0.4, 0.5) is 0 Å². The number of nitrogens with one attached hydrogen (secondary N) is 1. The number of benzene rings is 3. The first-order chi connectivity index (χ1) is 13.7. The van der Waals surface area contributed by atoms with E-state index in [1.54, 1.807) is 12.1 Å². The van der Waals surface area contributed by atoms with E-state index < -0.39 is 5.97 Å². The van der Waals surface area contributed by atoms with Crippen molar-refractivity contribution in [1.29, 1.82) is 0 Å². The van der Waals surface area contributed by atoms with Crippen LogP contribution in [0, 0.1) is 0 Å². The van der Waals surface area contributed by atoms with Crippen molar-refractivity contribution < 1.29 is 9.90 Å². The first-order valence-corrected chi connectivity index (χ1v) is 9.40. The first kappa shape index (κ1) is 19.6. The van der Waals surface area contributed by atoms with E-state index in [1.165, 1.54) is 11.1 Å². The average molecular weight is 371 g/mol. The van der Waals surface area contributed by atoms with Crippen LogP contribution in [0.15, 0.2) is 97.6 Å². The lowest BCUT2D eigenvalue weighted by Crippen LogP contribution is -2.39. The van der Waals surface area contributed by atoms with E-state index in [4.69, 9.17) is 5.11 Å². The highest BCUT2D eigenvalue weighted by Crippen LogP contribution is 2.35. The predicted molar refractivity (Wildman–Crippen MR) is 114 cm³/mol. The molecule has 0 aromatic heterocycles. The Morgan fingerprint density at radius 3 is 1.89 bits per heavy atom. The fourth-order valence-corrected chi connectivity index (χ4v) is 3.62. The zero-order chi connectivity index (χ0) is 19.8. The summed E-state index contributed by atoms with van der Waals surface area (Å²) in [5.41, 5.74) is 3.63. The number of rotatable bonds is 9. The van der Waals surface area contributed by atoms with Gasteiger partial charge in [0.2, 0.25) is 0 Å². The zero-order valence-electron chi connectivity index (χ0n) is 15.8. The van der Waals surface area contributed by atoms with Gasteiger partial charge in [-0.15, -0.1) is 6.58 Å². The molecule has 3 rings (SSSR count). The molecule has 3 heteroatoms. The Kier molecular flexibility index (Phi) is 6.41. The summed E-state index contributed by atoms with van der Waals surface area (Å²) in [6, 6.07) is 28.0. The molecule has 3 nitrogen and oxygen atoms in total. The third kappa shape index (κ3) is 4.38. The molecule has 28 heavy (non-hydrogen) atoms. The van der Waals surface area contributed by atoms with Crippen molar-refractivity contribution in [1.82, 2.24) is 5.32 Å². The van der Waals surface area contributed by atoms with Gasteiger partial charge in [-0.05, 0) is 35.2 Å². The zero-order valence-corrected chi connectivity index (χ0v) is 15.8. The Morgan fingerprint density at radius 1 is 0.893 bits per heavy atom. The molecular formula is C25H25NO2. The maximum atomic E-state index is 11.0. The van der Waals surface area contributed by atoms with E-state index in [0.717, 1.165) is 18.5 Å². The molecular weight excluding hydrogens is 346 g/mol. The van der Waals surface area contributed by atoms with Crippen molar-refractivity contribution >= 4 is 5.97 Å². The molecule has 0 bridgehead atoms. The van der Waals surface area contributed by atoms with Crippen molar-refractivity contribution in [2.45, 2.75) is 18.4 Å². The van der Waals surface area contributed by atoms with E-state index in [9.17, 15) is 4.79 Å². The highest BCUT2D eigenvalue weighted by atomic mass is 16.4. The van der Waals surface area contributed by atoms with Gasteiger partial charge in [-0.1, -0.05) is 78.9 Å². The number of carbonyl (C=O) groups is 1. The maximum Gasteiger partial charge on any atom is 0.335 e. The van der Waals surface area contributed by atoms with Crippen molar-refractivity contribution in [2.75, 3.05) is 6.54 Å². The van der Waals surface area contributed by atoms with Crippen LogP contribution in [0.1, 0.15) is 33.5 Å². The number of allylic oxidation sites excluding steroid dienone is 1. The Hall–Kier alpha value is -3.17. The van der Waals surface area contributed by atoms with Crippen LogP contribution >= 0.6 is 0 Å². The van der Waals surface area contributed by atoms with Gasteiger partial charge in [0.05, 0.1) is 5.56 Å². The van der Waals surface area contributed by atoms with Gasteiger partial charge < -0.3 is 10.4 Å². The molecule has 0 radical (unpaired) electrons. The molecule has 3 aromatic carbocycles. The normalized spacial score (nSPS) is 11.1. The standard InChI is InChI=1S/C25H25NO2/c1-2-17-25(22-9-5-3-6-10-22,23-11-7-4-8-12-23)19-26-18-20-13-15-21(16-14-20)24(27)28/h2-16,26H,1,17-19H2,(H,27,28). The monoisotopic (exact) mass is 371 g/mol. The molecule has 3 aromatic rings. The quantitative estimate of drug-likeness (QED) is 0.518. The van der Waals surface area contributed by atoms with Crippen LogP contribution < -0.4 is 5.32 Å². The van der Waals surface area contributed by atoms with Gasteiger partial charge in [-0.25, -0.2) is 4.79 Å². The molecule has 0 aliphatic heterocycles. The van der Waals surface area contributed by atoms with Crippen LogP contribution in [0.25, 0.3) is 0 Å². The molecule has 0 saturated carbocycles. The molecule has 0 aliphatic carbocycles. The summed E-state index contributed by atoms with van der Waals surface area (Å²) in [7, 11) is 0. The second kappa shape index (κ2) is 9.16. The van der Waals surface area contributed by atoms with Gasteiger partial charge in [0.25, 0.3) is 0 Å². The smallest absolute Gasteiger partial charge is 0.335 e. The minimum absolute atomic E-state index is 0.217. The second-order valence-corrected chi connectivity index (χ2v) is 6.91. The summed E-state index contributed by atoms with van der Waals surface area (Å²) in [5, 5.41) is 12.6. The third-order valence-corrected chi connectivity index (χ3v) is 5.10. The van der Waals surface area contributed by atoms with Crippen LogP contribution in [0.3, 0.4) is 0 Å². The second-order valence-electron chi connectivity index (χ2n) is 6.91. The van der Waals surface area contributed by atoms with Crippen molar-refractivity contribution in [3.8, 4) is 0 Å². The van der Waals surface area contributed by atoms with Crippen LogP contribution in [-0.2, 0) is 12.0 Å². The molecule has 0 heterocycles. The summed E-state index contributed by atoms with van der Waals surface area (Å²) in [6.45, 7) is 5.41. The van der Waals surface area contributed by atoms with Crippen LogP contribution in [0.5, 0.6) is 0 Å². The number of hydrogen-bond donors (Lipinski definition) is 2. The molecule has 0 saturated heterocycles. The highest BCUT2D eigenvalue weighted by Gasteiger charge is 2.32. The fraction of sp³-hybridized carbons (Fsp3) is 0.160. The van der Waals surface area contributed by atoms with Gasteiger partial charge in [0.15, 0.2) is 0 Å². The molecule has 142 valence electrons. The lowest BCUT2D eigenvalue weighted by atomic mass is 9.72. The van der Waals surface area contributed by atoms with E-state index >= 15 is 0 Å². The molecule has 0 amide bonds. The topological polar surface area (TPSA) is 49.3 Å². The number of carboxylic acid groups (broad SMARTS) is 1. The summed E-state index contributed by atoms with van der Waals surface area (Å²) in [6.07, 6.45) is 2.79. The highest BCUT2D eigenvalue weighted by molar-refractivity contribution is 5.87. The van der Waals surface area contributed by atoms with Crippen molar-refractivity contribution in [3.05, 3.63) is 120 Å². The number of aromatic carboxylic acids is 1. The fourth-order valence-electron chi connectivity index (χ4n) is 3.62. The van der Waals surface area contributed by atoms with Gasteiger partial charge in [0.1, 0.15) is 0 Å². The van der Waals surface area contributed by atoms with Gasteiger partial charge in [0, 0.05) is 18.5 Å². The number of carboxylic acids is 1. The lowest BCUT2D eigenvalue weighted by Gasteiger charge is -2.35. The Labute approximate surface area is 166 Å². The minimum atomic E-state index is -0.905. The van der Waals surface area contributed by atoms with E-state index in [0.29, 0.717) is 12.1 Å². The Morgan fingerprint density at radius 2 is 1.43 bits per heavy atom. The maximum absolute atomic E-state index is 11.0. The van der Waals surface area contributed by atoms with Crippen LogP contribution in [0.2, 0.25) is 0 Å². The average Bonchev–Trinajstić information content (AvgIpc) is 2.75. The Balaban J connectivity index is 1.85. The molecule has 0 unspecified atom stereocenters. The number of hydrogen-bond acceptors (Lipinski definition) is 2. The van der Waals surface area contributed by atoms with Crippen molar-refractivity contribution in [3.63, 3.8) is 0 Å². The summed E-state index contributed by atoms with van der Waals surface area (Å²) in [5.74, 6) is -0.905. The van der Waals surface area contributed by atoms with Gasteiger partial charge in [-0.2, -0.15) is 0 Å². The van der Waals surface area contributed by atoms with Gasteiger partial charge in [-0.3, -0.25) is 0 Å². The molecule has 0 fully saturated rings. The summed E-state index contributed by atoms with van der Waals surface area (Å²) in [4.78, 5) is 11.0. The van der Waals surface area contributed by atoms with E-state index in [2.05, 4.69) is 60.4 Å².